The van der Waals surface area contributed by atoms with Gasteiger partial charge in [0, 0.05) is 38.8 Å². The summed E-state index contributed by atoms with van der Waals surface area (Å²) in [5, 5.41) is 0. The lowest BCUT2D eigenvalue weighted by molar-refractivity contribution is 0.112. The third-order valence-corrected chi connectivity index (χ3v) is 6.80. The van der Waals surface area contributed by atoms with E-state index in [1.807, 2.05) is 72.8 Å². The number of fused-ring (bicyclic) bond motifs is 8. The Morgan fingerprint density at radius 1 is 0.553 bits per heavy atom. The predicted octanol–water partition coefficient (Wildman–Crippen LogP) is 7.80. The number of hydrogen-bond donors (Lipinski definition) is 2. The minimum atomic E-state index is 0.636. The second-order valence-electron chi connectivity index (χ2n) is 9.31. The summed E-state index contributed by atoms with van der Waals surface area (Å²) in [6.45, 7) is 0. The number of carbonyl (C=O) groups excluding carboxylic acids is 1. The molecule has 2 aliphatic heterocycles. The summed E-state index contributed by atoms with van der Waals surface area (Å²) in [6, 6.07) is 30.3. The summed E-state index contributed by atoms with van der Waals surface area (Å²) < 4.78 is 0. The quantitative estimate of drug-likeness (QED) is 0.248. The highest BCUT2D eigenvalue weighted by atomic mass is 16.1. The molecular weight excluding hydrogens is 468 g/mol. The SMILES string of the molecule is O=Cc1ccc(-c2c3nc(c(-c4ccccc4)c4ccc(cc5nc(cc6ccc2[nH]6)C=C5)[nH]4)C=C3)cc1. The normalized spacial score (nSPS) is 12.1. The predicted molar refractivity (Wildman–Crippen MR) is 155 cm³/mol. The smallest absolute Gasteiger partial charge is 0.150 e. The van der Waals surface area contributed by atoms with E-state index in [0.29, 0.717) is 5.56 Å². The molecule has 0 radical (unpaired) electrons. The van der Waals surface area contributed by atoms with Gasteiger partial charge in [-0.1, -0.05) is 54.6 Å². The molecule has 0 amide bonds. The number of aromatic nitrogens is 4. The Kier molecular flexibility index (Phi) is 5.19. The van der Waals surface area contributed by atoms with E-state index < -0.39 is 0 Å². The van der Waals surface area contributed by atoms with Crippen molar-refractivity contribution < 1.29 is 4.79 Å². The van der Waals surface area contributed by atoms with Crippen molar-refractivity contribution >= 4 is 52.7 Å². The lowest BCUT2D eigenvalue weighted by Crippen LogP contribution is -1.88. The van der Waals surface area contributed by atoms with E-state index >= 15 is 0 Å². The van der Waals surface area contributed by atoms with Gasteiger partial charge in [-0.3, -0.25) is 4.79 Å². The first-order valence-electron chi connectivity index (χ1n) is 12.4. The largest absolute Gasteiger partial charge is 0.355 e. The molecule has 5 nitrogen and oxygen atoms in total. The van der Waals surface area contributed by atoms with Gasteiger partial charge >= 0.3 is 0 Å². The van der Waals surface area contributed by atoms with Crippen molar-refractivity contribution in [3.05, 3.63) is 119 Å². The fraction of sp³-hybridized carbons (Fsp3) is 0. The Morgan fingerprint density at radius 3 is 1.66 bits per heavy atom. The molecule has 0 fully saturated rings. The van der Waals surface area contributed by atoms with Crippen LogP contribution in [0.25, 0.3) is 68.6 Å². The Labute approximate surface area is 218 Å². The van der Waals surface area contributed by atoms with E-state index in [9.17, 15) is 4.79 Å². The molecule has 5 heterocycles. The maximum atomic E-state index is 11.3. The Hall–Kier alpha value is -5.29. The van der Waals surface area contributed by atoms with Crippen LogP contribution in [0.5, 0.6) is 0 Å². The number of H-pyrrole nitrogens is 2. The Morgan fingerprint density at radius 2 is 1.11 bits per heavy atom. The van der Waals surface area contributed by atoms with Crippen molar-refractivity contribution in [2.75, 3.05) is 0 Å². The number of carbonyl (C=O) groups is 1. The monoisotopic (exact) mass is 490 g/mol. The summed E-state index contributed by atoms with van der Waals surface area (Å²) in [5.41, 5.74) is 12.0. The molecule has 0 atom stereocenters. The van der Waals surface area contributed by atoms with Crippen molar-refractivity contribution in [1.82, 2.24) is 19.9 Å². The lowest BCUT2D eigenvalue weighted by Gasteiger charge is -2.05. The molecule has 2 aliphatic rings. The van der Waals surface area contributed by atoms with Gasteiger partial charge < -0.3 is 9.97 Å². The van der Waals surface area contributed by atoms with Gasteiger partial charge in [-0.15, -0.1) is 0 Å². The zero-order valence-corrected chi connectivity index (χ0v) is 20.3. The molecule has 0 saturated heterocycles. The number of rotatable bonds is 3. The molecule has 180 valence electrons. The average Bonchev–Trinajstić information content (AvgIpc) is 3.76. The van der Waals surface area contributed by atoms with E-state index in [1.54, 1.807) is 0 Å². The van der Waals surface area contributed by atoms with Crippen LogP contribution in [-0.2, 0) is 0 Å². The van der Waals surface area contributed by atoms with E-state index in [0.717, 1.165) is 73.4 Å². The van der Waals surface area contributed by atoms with Crippen LogP contribution >= 0.6 is 0 Å². The summed E-state index contributed by atoms with van der Waals surface area (Å²) in [4.78, 5) is 28.4. The highest BCUT2D eigenvalue weighted by Crippen LogP contribution is 2.34. The lowest BCUT2D eigenvalue weighted by atomic mass is 10.0. The molecule has 3 aromatic heterocycles. The van der Waals surface area contributed by atoms with Crippen LogP contribution in [0.2, 0.25) is 0 Å². The van der Waals surface area contributed by atoms with Crippen LogP contribution in [-0.4, -0.2) is 26.2 Å². The number of benzene rings is 2. The summed E-state index contributed by atoms with van der Waals surface area (Å²) in [7, 11) is 0. The highest BCUT2D eigenvalue weighted by molar-refractivity contribution is 5.95. The molecule has 0 saturated carbocycles. The number of nitrogens with one attached hydrogen (secondary N) is 2. The van der Waals surface area contributed by atoms with Crippen LogP contribution in [0.1, 0.15) is 33.1 Å². The van der Waals surface area contributed by atoms with E-state index in [1.165, 1.54) is 0 Å². The van der Waals surface area contributed by atoms with Crippen molar-refractivity contribution in [2.45, 2.75) is 0 Å². The molecule has 2 N–H and O–H groups in total. The van der Waals surface area contributed by atoms with E-state index in [4.69, 9.17) is 9.97 Å². The number of nitrogens with zero attached hydrogens (tertiary/aromatic N) is 2. The van der Waals surface area contributed by atoms with Gasteiger partial charge in [0.25, 0.3) is 0 Å². The van der Waals surface area contributed by atoms with Gasteiger partial charge in [0.15, 0.2) is 0 Å². The molecule has 5 heteroatoms. The van der Waals surface area contributed by atoms with Crippen molar-refractivity contribution in [3.8, 4) is 22.3 Å². The first kappa shape index (κ1) is 21.9. The van der Waals surface area contributed by atoms with E-state index in [2.05, 4.69) is 52.5 Å². The fourth-order valence-corrected chi connectivity index (χ4v) is 5.01. The Bertz CT molecular complexity index is 1920. The number of aldehydes is 1. The van der Waals surface area contributed by atoms with Crippen molar-refractivity contribution in [1.29, 1.82) is 0 Å². The first-order valence-corrected chi connectivity index (χ1v) is 12.4. The van der Waals surface area contributed by atoms with Crippen LogP contribution in [0.4, 0.5) is 0 Å². The summed E-state index contributed by atoms with van der Waals surface area (Å²) in [5.74, 6) is 0. The van der Waals surface area contributed by atoms with Crippen LogP contribution < -0.4 is 0 Å². The minimum Gasteiger partial charge on any atom is -0.355 e. The topological polar surface area (TPSA) is 74.4 Å². The molecule has 0 aliphatic carbocycles. The third kappa shape index (κ3) is 3.96. The van der Waals surface area contributed by atoms with Gasteiger partial charge in [0.1, 0.15) is 6.29 Å². The van der Waals surface area contributed by atoms with Gasteiger partial charge in [-0.2, -0.15) is 0 Å². The molecule has 5 aromatic rings. The molecule has 0 spiro atoms. The van der Waals surface area contributed by atoms with Crippen molar-refractivity contribution in [2.24, 2.45) is 0 Å². The summed E-state index contributed by atoms with van der Waals surface area (Å²) >= 11 is 0. The minimum absolute atomic E-state index is 0.636. The first-order chi connectivity index (χ1) is 18.7. The van der Waals surface area contributed by atoms with Crippen molar-refractivity contribution in [3.63, 3.8) is 0 Å². The zero-order valence-electron chi connectivity index (χ0n) is 20.3. The highest BCUT2D eigenvalue weighted by Gasteiger charge is 2.15. The third-order valence-electron chi connectivity index (χ3n) is 6.80. The molecule has 0 unspecified atom stereocenters. The maximum absolute atomic E-state index is 11.3. The average molecular weight is 491 g/mol. The Balaban J connectivity index is 1.62. The maximum Gasteiger partial charge on any atom is 0.150 e. The standard InChI is InChI=1S/C33H22N4O/c38-20-21-6-8-23(9-7-21)33-29-15-13-27(36-29)19-25-11-10-24(34-25)18-26-12-14-28(35-26)32(22-4-2-1-3-5-22)30-16-17-31(33)37-30/h1-20,35-36H. The number of aromatic amines is 2. The zero-order chi connectivity index (χ0) is 25.5. The molecule has 7 rings (SSSR count). The van der Waals surface area contributed by atoms with Gasteiger partial charge in [-0.25, -0.2) is 9.97 Å². The van der Waals surface area contributed by atoms with E-state index in [-0.39, 0.29) is 0 Å². The van der Waals surface area contributed by atoms with Gasteiger partial charge in [0.2, 0.25) is 0 Å². The fourth-order valence-electron chi connectivity index (χ4n) is 5.01. The van der Waals surface area contributed by atoms with Gasteiger partial charge in [0.05, 0.1) is 22.8 Å². The second kappa shape index (κ2) is 8.98. The second-order valence-corrected chi connectivity index (χ2v) is 9.31. The van der Waals surface area contributed by atoms with Crippen LogP contribution in [0.15, 0.2) is 91.0 Å². The van der Waals surface area contributed by atoms with Crippen LogP contribution in [0, 0.1) is 0 Å². The van der Waals surface area contributed by atoms with Gasteiger partial charge in [-0.05, 0) is 71.8 Å². The van der Waals surface area contributed by atoms with Crippen LogP contribution in [0.3, 0.4) is 0 Å². The molecule has 8 bridgehead atoms. The molecule has 38 heavy (non-hydrogen) atoms. The number of hydrogen-bond acceptors (Lipinski definition) is 3. The molecular formula is C33H22N4O. The summed E-state index contributed by atoms with van der Waals surface area (Å²) in [6.07, 6.45) is 9.03. The molecule has 2 aromatic carbocycles.